The number of rotatable bonds is 9. The van der Waals surface area contributed by atoms with E-state index in [1.165, 1.54) is 22.0 Å². The minimum Gasteiger partial charge on any atom is -0.376 e. The van der Waals surface area contributed by atoms with Crippen LogP contribution >= 0.6 is 0 Å². The van der Waals surface area contributed by atoms with Gasteiger partial charge in [-0.15, -0.1) is 0 Å². The van der Waals surface area contributed by atoms with Crippen LogP contribution in [-0.2, 0) is 27.8 Å². The van der Waals surface area contributed by atoms with Gasteiger partial charge in [0.25, 0.3) is 5.91 Å². The molecule has 0 bridgehead atoms. The van der Waals surface area contributed by atoms with Gasteiger partial charge in [-0.25, -0.2) is 8.42 Å². The molecule has 7 nitrogen and oxygen atoms in total. The van der Waals surface area contributed by atoms with Gasteiger partial charge in [0.2, 0.25) is 10.0 Å². The van der Waals surface area contributed by atoms with Gasteiger partial charge in [-0.3, -0.25) is 9.69 Å². The Balaban J connectivity index is 1.64. The van der Waals surface area contributed by atoms with Gasteiger partial charge >= 0.3 is 0 Å². The molecule has 32 heavy (non-hydrogen) atoms. The normalized spacial score (nSPS) is 17.4. The third-order valence-electron chi connectivity index (χ3n) is 5.62. The second kappa shape index (κ2) is 11.0. The zero-order valence-electron chi connectivity index (χ0n) is 19.1. The minimum absolute atomic E-state index is 0.135. The standard InChI is InChI=1S/C24H33N3O4S/c1-4-27(5-2)32(29,30)23-11-7-10-22(15-23)24(28)25-16-20-8-6-9-21(14-20)18-26-12-13-31-19(3)17-26/h6-11,14-15,19H,4-5,12-13,16-18H2,1-3H3,(H,25,28). The summed E-state index contributed by atoms with van der Waals surface area (Å²) in [5, 5.41) is 2.91. The second-order valence-corrected chi connectivity index (χ2v) is 9.97. The van der Waals surface area contributed by atoms with Crippen LogP contribution in [0.15, 0.2) is 53.4 Å². The highest BCUT2D eigenvalue weighted by Crippen LogP contribution is 2.17. The molecule has 8 heteroatoms. The van der Waals surface area contributed by atoms with Crippen LogP contribution in [0.4, 0.5) is 0 Å². The number of amides is 1. The van der Waals surface area contributed by atoms with Crippen molar-refractivity contribution in [3.8, 4) is 0 Å². The van der Waals surface area contributed by atoms with Crippen molar-refractivity contribution in [2.75, 3.05) is 32.8 Å². The number of morpholine rings is 1. The number of ether oxygens (including phenoxy) is 1. The maximum Gasteiger partial charge on any atom is 0.251 e. The molecule has 174 valence electrons. The lowest BCUT2D eigenvalue weighted by molar-refractivity contribution is -0.0212. The number of hydrogen-bond donors (Lipinski definition) is 1. The molecule has 1 heterocycles. The van der Waals surface area contributed by atoms with E-state index >= 15 is 0 Å². The monoisotopic (exact) mass is 459 g/mol. The lowest BCUT2D eigenvalue weighted by Crippen LogP contribution is -2.40. The summed E-state index contributed by atoms with van der Waals surface area (Å²) in [7, 11) is -3.61. The molecule has 0 aromatic heterocycles. The van der Waals surface area contributed by atoms with Crippen LogP contribution in [0, 0.1) is 0 Å². The van der Waals surface area contributed by atoms with E-state index < -0.39 is 10.0 Å². The largest absolute Gasteiger partial charge is 0.376 e. The first-order chi connectivity index (χ1) is 15.3. The Labute approximate surface area is 191 Å². The molecular weight excluding hydrogens is 426 g/mol. The van der Waals surface area contributed by atoms with E-state index in [1.54, 1.807) is 26.0 Å². The van der Waals surface area contributed by atoms with Crippen LogP contribution in [0.1, 0.15) is 42.3 Å². The van der Waals surface area contributed by atoms with Crippen LogP contribution in [0.5, 0.6) is 0 Å². The van der Waals surface area contributed by atoms with E-state index in [1.807, 2.05) is 12.1 Å². The molecule has 1 atom stereocenters. The van der Waals surface area contributed by atoms with Crippen LogP contribution < -0.4 is 5.32 Å². The first kappa shape index (κ1) is 24.4. The van der Waals surface area contributed by atoms with Gasteiger partial charge in [-0.1, -0.05) is 44.2 Å². The van der Waals surface area contributed by atoms with Gasteiger partial charge < -0.3 is 10.1 Å². The quantitative estimate of drug-likeness (QED) is 0.624. The SMILES string of the molecule is CCN(CC)S(=O)(=O)c1cccc(C(=O)NCc2cccc(CN3CCOC(C)C3)c2)c1. The van der Waals surface area contributed by atoms with Crippen molar-refractivity contribution in [2.45, 2.75) is 44.9 Å². The van der Waals surface area contributed by atoms with Crippen molar-refractivity contribution in [1.82, 2.24) is 14.5 Å². The number of carbonyl (C=O) groups excluding carboxylic acids is 1. The molecule has 3 rings (SSSR count). The molecule has 1 aliphatic heterocycles. The molecule has 1 amide bonds. The molecule has 1 N–H and O–H groups in total. The van der Waals surface area contributed by atoms with Crippen LogP contribution in [0.3, 0.4) is 0 Å². The average molecular weight is 460 g/mol. The summed E-state index contributed by atoms with van der Waals surface area (Å²) in [6, 6.07) is 14.4. The van der Waals surface area contributed by atoms with E-state index in [0.717, 1.165) is 31.8 Å². The Morgan fingerprint density at radius 1 is 1.12 bits per heavy atom. The molecule has 0 radical (unpaired) electrons. The maximum absolute atomic E-state index is 12.8. The molecule has 0 aliphatic carbocycles. The van der Waals surface area contributed by atoms with Crippen LogP contribution in [-0.4, -0.2) is 62.4 Å². The van der Waals surface area contributed by atoms with Gasteiger partial charge in [-0.2, -0.15) is 4.31 Å². The molecular formula is C24H33N3O4S. The number of carbonyl (C=O) groups is 1. The second-order valence-electron chi connectivity index (χ2n) is 8.04. The van der Waals surface area contributed by atoms with Crippen molar-refractivity contribution in [3.63, 3.8) is 0 Å². The first-order valence-electron chi connectivity index (χ1n) is 11.1. The molecule has 2 aromatic carbocycles. The Hall–Kier alpha value is -2.26. The Morgan fingerprint density at radius 2 is 1.84 bits per heavy atom. The fraction of sp³-hybridized carbons (Fsp3) is 0.458. The van der Waals surface area contributed by atoms with E-state index in [4.69, 9.17) is 4.74 Å². The van der Waals surface area contributed by atoms with Gasteiger partial charge in [0.1, 0.15) is 0 Å². The van der Waals surface area contributed by atoms with E-state index in [2.05, 4.69) is 29.3 Å². The maximum atomic E-state index is 12.8. The summed E-state index contributed by atoms with van der Waals surface area (Å²) >= 11 is 0. The molecule has 2 aromatic rings. The summed E-state index contributed by atoms with van der Waals surface area (Å²) in [6.45, 7) is 10.2. The van der Waals surface area contributed by atoms with Crippen LogP contribution in [0.2, 0.25) is 0 Å². The average Bonchev–Trinajstić information content (AvgIpc) is 2.78. The van der Waals surface area contributed by atoms with E-state index in [9.17, 15) is 13.2 Å². The Morgan fingerprint density at radius 3 is 2.56 bits per heavy atom. The number of sulfonamides is 1. The van der Waals surface area contributed by atoms with Crippen molar-refractivity contribution < 1.29 is 17.9 Å². The number of nitrogens with one attached hydrogen (secondary N) is 1. The van der Waals surface area contributed by atoms with Gasteiger partial charge in [0.05, 0.1) is 17.6 Å². The summed E-state index contributed by atoms with van der Waals surface area (Å²) in [5.74, 6) is -0.297. The van der Waals surface area contributed by atoms with Crippen molar-refractivity contribution in [3.05, 3.63) is 65.2 Å². The summed E-state index contributed by atoms with van der Waals surface area (Å²) < 4.78 is 32.5. The zero-order valence-corrected chi connectivity index (χ0v) is 19.9. The highest BCUT2D eigenvalue weighted by molar-refractivity contribution is 7.89. The van der Waals surface area contributed by atoms with Crippen molar-refractivity contribution in [1.29, 1.82) is 0 Å². The van der Waals surface area contributed by atoms with Gasteiger partial charge in [0, 0.05) is 44.8 Å². The van der Waals surface area contributed by atoms with Gasteiger partial charge in [-0.05, 0) is 36.2 Å². The summed E-state index contributed by atoms with van der Waals surface area (Å²) in [6.07, 6.45) is 0.243. The zero-order chi connectivity index (χ0) is 23.1. The first-order valence-corrected chi connectivity index (χ1v) is 12.6. The lowest BCUT2D eigenvalue weighted by Gasteiger charge is -2.31. The number of benzene rings is 2. The molecule has 1 unspecified atom stereocenters. The number of nitrogens with zero attached hydrogens (tertiary/aromatic N) is 2. The molecule has 1 saturated heterocycles. The van der Waals surface area contributed by atoms with E-state index in [-0.39, 0.29) is 16.9 Å². The third-order valence-corrected chi connectivity index (χ3v) is 7.66. The molecule has 0 spiro atoms. The topological polar surface area (TPSA) is 79.0 Å². The molecule has 0 saturated carbocycles. The third kappa shape index (κ3) is 6.16. The Kier molecular flexibility index (Phi) is 8.42. The van der Waals surface area contributed by atoms with Crippen LogP contribution in [0.25, 0.3) is 0 Å². The fourth-order valence-electron chi connectivity index (χ4n) is 3.93. The minimum atomic E-state index is -3.61. The smallest absolute Gasteiger partial charge is 0.251 e. The number of hydrogen-bond acceptors (Lipinski definition) is 5. The molecule has 1 fully saturated rings. The van der Waals surface area contributed by atoms with Crippen molar-refractivity contribution >= 4 is 15.9 Å². The highest BCUT2D eigenvalue weighted by Gasteiger charge is 2.22. The highest BCUT2D eigenvalue weighted by atomic mass is 32.2. The van der Waals surface area contributed by atoms with Gasteiger partial charge in [0.15, 0.2) is 0 Å². The summed E-state index contributed by atoms with van der Waals surface area (Å²) in [4.78, 5) is 15.2. The fourth-order valence-corrected chi connectivity index (χ4v) is 5.43. The van der Waals surface area contributed by atoms with E-state index in [0.29, 0.717) is 25.2 Å². The summed E-state index contributed by atoms with van der Waals surface area (Å²) in [5.41, 5.74) is 2.53. The Bertz CT molecular complexity index is 1020. The molecule has 1 aliphatic rings. The predicted octanol–water partition coefficient (Wildman–Crippen LogP) is 2.87. The lowest BCUT2D eigenvalue weighted by atomic mass is 10.1. The predicted molar refractivity (Wildman–Crippen MR) is 125 cm³/mol. The van der Waals surface area contributed by atoms with Crippen molar-refractivity contribution in [2.24, 2.45) is 0 Å².